The first-order valence-corrected chi connectivity index (χ1v) is 7.18. The van der Waals surface area contributed by atoms with Crippen molar-refractivity contribution in [1.29, 1.82) is 0 Å². The molecule has 1 aliphatic heterocycles. The van der Waals surface area contributed by atoms with Gasteiger partial charge in [0.2, 0.25) is 0 Å². The summed E-state index contributed by atoms with van der Waals surface area (Å²) >= 11 is 0. The molecule has 3 nitrogen and oxygen atoms in total. The summed E-state index contributed by atoms with van der Waals surface area (Å²) in [5, 5.41) is 9.26. The van der Waals surface area contributed by atoms with E-state index in [-0.39, 0.29) is 12.0 Å². The van der Waals surface area contributed by atoms with Crippen LogP contribution in [0.2, 0.25) is 0 Å². The Labute approximate surface area is 115 Å². The van der Waals surface area contributed by atoms with E-state index in [1.807, 2.05) is 6.07 Å². The van der Waals surface area contributed by atoms with E-state index < -0.39 is 5.97 Å². The first kappa shape index (κ1) is 14.1. The van der Waals surface area contributed by atoms with E-state index in [9.17, 15) is 9.90 Å². The molecule has 0 saturated carbocycles. The maximum atomic E-state index is 11.2. The molecule has 1 N–H and O–H groups in total. The number of benzene rings is 1. The fourth-order valence-electron chi connectivity index (χ4n) is 3.21. The zero-order chi connectivity index (χ0) is 13.8. The minimum Gasteiger partial charge on any atom is -0.481 e. The molecule has 1 saturated heterocycles. The number of hydrogen-bond acceptors (Lipinski definition) is 2. The van der Waals surface area contributed by atoms with Gasteiger partial charge in [-0.05, 0) is 31.9 Å². The number of aliphatic carboxylic acids is 1. The van der Waals surface area contributed by atoms with E-state index in [1.165, 1.54) is 5.56 Å². The summed E-state index contributed by atoms with van der Waals surface area (Å²) in [7, 11) is 0. The third-order valence-electron chi connectivity index (χ3n) is 4.27. The van der Waals surface area contributed by atoms with Gasteiger partial charge < -0.3 is 5.11 Å². The molecular weight excluding hydrogens is 238 g/mol. The highest BCUT2D eigenvalue weighted by Crippen LogP contribution is 2.35. The first-order chi connectivity index (χ1) is 9.15. The van der Waals surface area contributed by atoms with Gasteiger partial charge in [0.15, 0.2) is 0 Å². The van der Waals surface area contributed by atoms with Gasteiger partial charge in [-0.25, -0.2) is 0 Å². The van der Waals surface area contributed by atoms with Crippen LogP contribution in [0.4, 0.5) is 0 Å². The van der Waals surface area contributed by atoms with Crippen molar-refractivity contribution in [3.63, 3.8) is 0 Å². The van der Waals surface area contributed by atoms with E-state index >= 15 is 0 Å². The molecule has 0 aromatic heterocycles. The zero-order valence-electron chi connectivity index (χ0n) is 11.7. The largest absolute Gasteiger partial charge is 0.481 e. The SMILES string of the molecule is CCCC(c1ccccc1)N1CCC(C(=O)O)C1C. The van der Waals surface area contributed by atoms with Gasteiger partial charge >= 0.3 is 5.97 Å². The maximum Gasteiger partial charge on any atom is 0.308 e. The van der Waals surface area contributed by atoms with Crippen LogP contribution in [0.15, 0.2) is 30.3 Å². The number of carbonyl (C=O) groups is 1. The lowest BCUT2D eigenvalue weighted by Crippen LogP contribution is -2.36. The fraction of sp³-hybridized carbons (Fsp3) is 0.562. The molecular formula is C16H23NO2. The quantitative estimate of drug-likeness (QED) is 0.884. The van der Waals surface area contributed by atoms with Crippen molar-refractivity contribution in [2.45, 2.75) is 45.2 Å². The van der Waals surface area contributed by atoms with Gasteiger partial charge in [0.1, 0.15) is 0 Å². The summed E-state index contributed by atoms with van der Waals surface area (Å²) in [4.78, 5) is 13.6. The molecule has 3 atom stereocenters. The van der Waals surface area contributed by atoms with Crippen LogP contribution >= 0.6 is 0 Å². The Morgan fingerprint density at radius 2 is 2.11 bits per heavy atom. The molecule has 3 unspecified atom stereocenters. The summed E-state index contributed by atoms with van der Waals surface area (Å²) in [5.41, 5.74) is 1.31. The highest BCUT2D eigenvalue weighted by Gasteiger charge is 2.38. The van der Waals surface area contributed by atoms with Crippen LogP contribution in [0.5, 0.6) is 0 Å². The Bertz CT molecular complexity index is 418. The second-order valence-electron chi connectivity index (χ2n) is 5.43. The van der Waals surface area contributed by atoms with Crippen molar-refractivity contribution in [3.8, 4) is 0 Å². The Morgan fingerprint density at radius 3 is 2.63 bits per heavy atom. The van der Waals surface area contributed by atoms with E-state index in [2.05, 4.69) is 43.0 Å². The molecule has 1 aromatic carbocycles. The third kappa shape index (κ3) is 2.98. The van der Waals surface area contributed by atoms with Crippen LogP contribution in [-0.2, 0) is 4.79 Å². The first-order valence-electron chi connectivity index (χ1n) is 7.18. The van der Waals surface area contributed by atoms with Crippen molar-refractivity contribution in [2.24, 2.45) is 5.92 Å². The van der Waals surface area contributed by atoms with Gasteiger partial charge in [0, 0.05) is 12.1 Å². The Balaban J connectivity index is 2.19. The molecule has 0 aliphatic carbocycles. The summed E-state index contributed by atoms with van der Waals surface area (Å²) in [5.74, 6) is -0.874. The Morgan fingerprint density at radius 1 is 1.42 bits per heavy atom. The van der Waals surface area contributed by atoms with Crippen molar-refractivity contribution >= 4 is 5.97 Å². The van der Waals surface area contributed by atoms with Gasteiger partial charge in [-0.3, -0.25) is 9.69 Å². The molecule has 0 spiro atoms. The van der Waals surface area contributed by atoms with Gasteiger partial charge in [-0.15, -0.1) is 0 Å². The molecule has 0 bridgehead atoms. The standard InChI is InChI=1S/C16H23NO2/c1-3-7-15(13-8-5-4-6-9-13)17-11-10-14(12(17)2)16(18)19/h4-6,8-9,12,14-15H,3,7,10-11H2,1-2H3,(H,18,19). The van der Waals surface area contributed by atoms with Crippen molar-refractivity contribution in [3.05, 3.63) is 35.9 Å². The van der Waals surface area contributed by atoms with Crippen molar-refractivity contribution < 1.29 is 9.90 Å². The minimum absolute atomic E-state index is 0.120. The smallest absolute Gasteiger partial charge is 0.308 e. The lowest BCUT2D eigenvalue weighted by molar-refractivity contribution is -0.142. The zero-order valence-corrected chi connectivity index (χ0v) is 11.7. The third-order valence-corrected chi connectivity index (χ3v) is 4.27. The normalized spacial score (nSPS) is 25.4. The number of likely N-dealkylation sites (tertiary alicyclic amines) is 1. The molecule has 0 radical (unpaired) electrons. The predicted octanol–water partition coefficient (Wildman–Crippen LogP) is 3.32. The monoisotopic (exact) mass is 261 g/mol. The Kier molecular flexibility index (Phi) is 4.59. The van der Waals surface area contributed by atoms with Crippen molar-refractivity contribution in [1.82, 2.24) is 4.90 Å². The van der Waals surface area contributed by atoms with Crippen LogP contribution in [0.25, 0.3) is 0 Å². The molecule has 19 heavy (non-hydrogen) atoms. The Hall–Kier alpha value is -1.35. The average molecular weight is 261 g/mol. The summed E-state index contributed by atoms with van der Waals surface area (Å²) in [6, 6.07) is 10.9. The fourth-order valence-corrected chi connectivity index (χ4v) is 3.21. The summed E-state index contributed by atoms with van der Waals surface area (Å²) in [6.45, 7) is 5.13. The lowest BCUT2D eigenvalue weighted by atomic mass is 9.98. The van der Waals surface area contributed by atoms with E-state index in [0.717, 1.165) is 25.8 Å². The number of rotatable bonds is 5. The number of nitrogens with zero attached hydrogens (tertiary/aromatic N) is 1. The molecule has 1 fully saturated rings. The minimum atomic E-state index is -0.654. The van der Waals surface area contributed by atoms with Crippen LogP contribution in [0.1, 0.15) is 44.7 Å². The van der Waals surface area contributed by atoms with Crippen molar-refractivity contribution in [2.75, 3.05) is 6.54 Å². The van der Waals surface area contributed by atoms with Gasteiger partial charge in [-0.1, -0.05) is 43.7 Å². The molecule has 1 aromatic rings. The molecule has 2 rings (SSSR count). The second kappa shape index (κ2) is 6.20. The van der Waals surface area contributed by atoms with Crippen LogP contribution in [0.3, 0.4) is 0 Å². The summed E-state index contributed by atoms with van der Waals surface area (Å²) < 4.78 is 0. The molecule has 1 heterocycles. The highest BCUT2D eigenvalue weighted by atomic mass is 16.4. The van der Waals surface area contributed by atoms with Crippen LogP contribution in [-0.4, -0.2) is 28.6 Å². The maximum absolute atomic E-state index is 11.2. The second-order valence-corrected chi connectivity index (χ2v) is 5.43. The molecule has 1 aliphatic rings. The number of carboxylic acids is 1. The topological polar surface area (TPSA) is 40.5 Å². The van der Waals surface area contributed by atoms with Gasteiger partial charge in [0.25, 0.3) is 0 Å². The van der Waals surface area contributed by atoms with E-state index in [4.69, 9.17) is 0 Å². The summed E-state index contributed by atoms with van der Waals surface area (Å²) in [6.07, 6.45) is 2.96. The number of carboxylic acid groups (broad SMARTS) is 1. The van der Waals surface area contributed by atoms with Crippen LogP contribution < -0.4 is 0 Å². The molecule has 104 valence electrons. The highest BCUT2D eigenvalue weighted by molar-refractivity contribution is 5.71. The lowest BCUT2D eigenvalue weighted by Gasteiger charge is -2.32. The predicted molar refractivity (Wildman–Crippen MR) is 76.0 cm³/mol. The van der Waals surface area contributed by atoms with E-state index in [0.29, 0.717) is 6.04 Å². The molecule has 0 amide bonds. The average Bonchev–Trinajstić information content (AvgIpc) is 2.79. The number of hydrogen-bond donors (Lipinski definition) is 1. The van der Waals surface area contributed by atoms with Crippen LogP contribution in [0, 0.1) is 5.92 Å². The van der Waals surface area contributed by atoms with Gasteiger partial charge in [-0.2, -0.15) is 0 Å². The van der Waals surface area contributed by atoms with E-state index in [1.54, 1.807) is 0 Å². The van der Waals surface area contributed by atoms with Gasteiger partial charge in [0.05, 0.1) is 5.92 Å². The molecule has 3 heteroatoms.